The van der Waals surface area contributed by atoms with Gasteiger partial charge in [-0.3, -0.25) is 9.48 Å². The molecule has 17 heavy (non-hydrogen) atoms. The summed E-state index contributed by atoms with van der Waals surface area (Å²) in [6.45, 7) is 7.15. The van der Waals surface area contributed by atoms with E-state index in [0.717, 1.165) is 24.4 Å². The smallest absolute Gasteiger partial charge is 0.257 e. The van der Waals surface area contributed by atoms with Crippen LogP contribution in [0.5, 0.6) is 0 Å². The van der Waals surface area contributed by atoms with Crippen LogP contribution in [0.15, 0.2) is 0 Å². The largest absolute Gasteiger partial charge is 0.337 e. The lowest BCUT2D eigenvalue weighted by molar-refractivity contribution is 0.0764. The van der Waals surface area contributed by atoms with Crippen LogP contribution in [-0.4, -0.2) is 39.6 Å². The van der Waals surface area contributed by atoms with Gasteiger partial charge in [-0.25, -0.2) is 0 Å². The fourth-order valence-electron chi connectivity index (χ4n) is 1.93. The molecule has 0 spiro atoms. The molecule has 5 heteroatoms. The number of carbonyl (C=O) groups excluding carboxylic acids is 1. The maximum absolute atomic E-state index is 12.4. The molecule has 0 aliphatic heterocycles. The molecule has 1 rings (SSSR count). The monoisotopic (exact) mass is 257 g/mol. The predicted molar refractivity (Wildman–Crippen MR) is 69.6 cm³/mol. The molecule has 96 valence electrons. The maximum atomic E-state index is 12.4. The molecule has 0 saturated carbocycles. The first-order valence-corrected chi connectivity index (χ1v) is 6.41. The first kappa shape index (κ1) is 14.0. The summed E-state index contributed by atoms with van der Waals surface area (Å²) in [5.74, 6) is 0.500. The van der Waals surface area contributed by atoms with Gasteiger partial charge in [-0.1, -0.05) is 6.92 Å². The second-order valence-corrected chi connectivity index (χ2v) is 4.53. The van der Waals surface area contributed by atoms with Crippen molar-refractivity contribution >= 4 is 17.5 Å². The van der Waals surface area contributed by atoms with E-state index in [-0.39, 0.29) is 5.91 Å². The predicted octanol–water partition coefficient (Wildman–Crippen LogP) is 2.13. The number of aryl methyl sites for hydroxylation is 2. The third kappa shape index (κ3) is 3.00. The van der Waals surface area contributed by atoms with E-state index in [2.05, 4.69) is 12.0 Å². The van der Waals surface area contributed by atoms with E-state index in [4.69, 9.17) is 11.6 Å². The number of halogens is 1. The summed E-state index contributed by atoms with van der Waals surface area (Å²) in [5.41, 5.74) is 2.40. The van der Waals surface area contributed by atoms with Gasteiger partial charge >= 0.3 is 0 Å². The minimum atomic E-state index is 0.0376. The molecule has 0 radical (unpaired) electrons. The number of aromatic nitrogens is 2. The Bertz CT molecular complexity index is 395. The summed E-state index contributed by atoms with van der Waals surface area (Å²) in [6.07, 6.45) is 0.932. The highest BCUT2D eigenvalue weighted by atomic mass is 35.5. The zero-order chi connectivity index (χ0) is 13.0. The fraction of sp³-hybridized carbons (Fsp3) is 0.667. The quantitative estimate of drug-likeness (QED) is 0.758. The molecule has 4 nitrogen and oxygen atoms in total. The topological polar surface area (TPSA) is 38.1 Å². The summed E-state index contributed by atoms with van der Waals surface area (Å²) in [5, 5.41) is 4.27. The van der Waals surface area contributed by atoms with Crippen LogP contribution in [0.3, 0.4) is 0 Å². The first-order chi connectivity index (χ1) is 8.02. The third-order valence-corrected chi connectivity index (χ3v) is 3.03. The second-order valence-electron chi connectivity index (χ2n) is 4.15. The van der Waals surface area contributed by atoms with Crippen LogP contribution in [0.25, 0.3) is 0 Å². The molecule has 0 atom stereocenters. The van der Waals surface area contributed by atoms with Gasteiger partial charge in [0, 0.05) is 31.7 Å². The molecule has 1 aromatic heterocycles. The van der Waals surface area contributed by atoms with Crippen LogP contribution in [0.4, 0.5) is 0 Å². The number of hydrogen-bond donors (Lipinski definition) is 0. The third-order valence-electron chi connectivity index (χ3n) is 2.86. The normalized spacial score (nSPS) is 10.6. The van der Waals surface area contributed by atoms with Crippen molar-refractivity contribution in [3.05, 3.63) is 17.0 Å². The van der Waals surface area contributed by atoms with Crippen molar-refractivity contribution in [3.63, 3.8) is 0 Å². The lowest BCUT2D eigenvalue weighted by atomic mass is 10.1. The van der Waals surface area contributed by atoms with Crippen LogP contribution in [0.1, 0.15) is 35.1 Å². The number of rotatable bonds is 5. The van der Waals surface area contributed by atoms with Gasteiger partial charge in [0.25, 0.3) is 5.91 Å². The molecule has 1 aromatic rings. The highest BCUT2D eigenvalue weighted by molar-refractivity contribution is 6.18. The molecule has 0 fully saturated rings. The second kappa shape index (κ2) is 6.05. The molecule has 0 N–H and O–H groups in total. The summed E-state index contributed by atoms with van der Waals surface area (Å²) in [6, 6.07) is 0. The Morgan fingerprint density at radius 1 is 1.41 bits per heavy atom. The average Bonchev–Trinajstić information content (AvgIpc) is 2.52. The Kier molecular flexibility index (Phi) is 5.00. The minimum Gasteiger partial charge on any atom is -0.337 e. The zero-order valence-electron chi connectivity index (χ0n) is 11.0. The van der Waals surface area contributed by atoms with Gasteiger partial charge in [-0.05, 0) is 20.3 Å². The van der Waals surface area contributed by atoms with Crippen molar-refractivity contribution in [1.29, 1.82) is 0 Å². The van der Waals surface area contributed by atoms with E-state index in [1.807, 2.05) is 20.9 Å². The molecule has 0 aliphatic carbocycles. The van der Waals surface area contributed by atoms with Crippen LogP contribution in [0.2, 0.25) is 0 Å². The standard InChI is InChI=1S/C12H20ClN3O/c1-5-7-16(8-6-13)12(17)11-9(2)14-15(4)10(11)3/h5-8H2,1-4H3. The average molecular weight is 258 g/mol. The summed E-state index contributed by atoms with van der Waals surface area (Å²) in [7, 11) is 1.85. The number of amides is 1. The van der Waals surface area contributed by atoms with Crippen molar-refractivity contribution in [1.82, 2.24) is 14.7 Å². The maximum Gasteiger partial charge on any atom is 0.257 e. The Balaban J connectivity index is 3.00. The Hall–Kier alpha value is -1.03. The van der Waals surface area contributed by atoms with Gasteiger partial charge in [0.1, 0.15) is 0 Å². The van der Waals surface area contributed by atoms with Crippen molar-refractivity contribution in [2.45, 2.75) is 27.2 Å². The lowest BCUT2D eigenvalue weighted by Gasteiger charge is -2.21. The molecule has 0 aliphatic rings. The van der Waals surface area contributed by atoms with Gasteiger partial charge in [0.05, 0.1) is 11.3 Å². The Labute approximate surface area is 108 Å². The van der Waals surface area contributed by atoms with E-state index < -0.39 is 0 Å². The Morgan fingerprint density at radius 3 is 2.47 bits per heavy atom. The van der Waals surface area contributed by atoms with E-state index in [1.165, 1.54) is 0 Å². The minimum absolute atomic E-state index is 0.0376. The molecule has 0 bridgehead atoms. The van der Waals surface area contributed by atoms with Crippen molar-refractivity contribution < 1.29 is 4.79 Å². The Morgan fingerprint density at radius 2 is 2.06 bits per heavy atom. The molecular weight excluding hydrogens is 238 g/mol. The van der Waals surface area contributed by atoms with Crippen LogP contribution in [0, 0.1) is 13.8 Å². The van der Waals surface area contributed by atoms with E-state index >= 15 is 0 Å². The lowest BCUT2D eigenvalue weighted by Crippen LogP contribution is -2.34. The zero-order valence-corrected chi connectivity index (χ0v) is 11.7. The van der Waals surface area contributed by atoms with E-state index in [0.29, 0.717) is 18.0 Å². The van der Waals surface area contributed by atoms with Crippen molar-refractivity contribution in [2.24, 2.45) is 7.05 Å². The van der Waals surface area contributed by atoms with Gasteiger partial charge in [-0.15, -0.1) is 11.6 Å². The highest BCUT2D eigenvalue weighted by Gasteiger charge is 2.22. The summed E-state index contributed by atoms with van der Waals surface area (Å²) >= 11 is 5.73. The summed E-state index contributed by atoms with van der Waals surface area (Å²) < 4.78 is 1.74. The van der Waals surface area contributed by atoms with Crippen LogP contribution < -0.4 is 0 Å². The molecule has 1 heterocycles. The molecule has 0 unspecified atom stereocenters. The molecule has 0 saturated heterocycles. The van der Waals surface area contributed by atoms with Crippen molar-refractivity contribution in [2.75, 3.05) is 19.0 Å². The summed E-state index contributed by atoms with van der Waals surface area (Å²) in [4.78, 5) is 14.2. The van der Waals surface area contributed by atoms with Gasteiger partial charge in [0.15, 0.2) is 0 Å². The number of hydrogen-bond acceptors (Lipinski definition) is 2. The first-order valence-electron chi connectivity index (χ1n) is 5.88. The van der Waals surface area contributed by atoms with E-state index in [1.54, 1.807) is 9.58 Å². The SMILES string of the molecule is CCCN(CCCl)C(=O)c1c(C)nn(C)c1C. The molecular formula is C12H20ClN3O. The van der Waals surface area contributed by atoms with Crippen LogP contribution in [-0.2, 0) is 7.05 Å². The molecule has 0 aromatic carbocycles. The number of alkyl halides is 1. The highest BCUT2D eigenvalue weighted by Crippen LogP contribution is 2.15. The number of nitrogens with zero attached hydrogens (tertiary/aromatic N) is 3. The van der Waals surface area contributed by atoms with Gasteiger partial charge in [-0.2, -0.15) is 5.10 Å². The fourth-order valence-corrected chi connectivity index (χ4v) is 2.13. The number of carbonyl (C=O) groups is 1. The van der Waals surface area contributed by atoms with Gasteiger partial charge < -0.3 is 4.90 Å². The van der Waals surface area contributed by atoms with E-state index in [9.17, 15) is 4.79 Å². The van der Waals surface area contributed by atoms with Crippen LogP contribution >= 0.6 is 11.6 Å². The van der Waals surface area contributed by atoms with Gasteiger partial charge in [0.2, 0.25) is 0 Å². The van der Waals surface area contributed by atoms with Crippen molar-refractivity contribution in [3.8, 4) is 0 Å². The molecule has 1 amide bonds.